The van der Waals surface area contributed by atoms with E-state index < -0.39 is 6.04 Å². The average molecular weight is 484 g/mol. The Morgan fingerprint density at radius 1 is 1.18 bits per heavy atom. The highest BCUT2D eigenvalue weighted by Gasteiger charge is 2.28. The second kappa shape index (κ2) is 11.5. The molecule has 4 nitrogen and oxygen atoms in total. The smallest absolute Gasteiger partial charge is 0.242 e. The van der Waals surface area contributed by atoms with Gasteiger partial charge in [-0.15, -0.1) is 11.8 Å². The van der Waals surface area contributed by atoms with Crippen molar-refractivity contribution in [3.8, 4) is 0 Å². The molecular weight excluding hydrogens is 460 g/mol. The van der Waals surface area contributed by atoms with Crippen molar-refractivity contribution in [2.45, 2.75) is 31.7 Å². The fourth-order valence-electron chi connectivity index (χ4n) is 2.82. The highest BCUT2D eigenvalue weighted by Crippen LogP contribution is 2.21. The maximum absolute atomic E-state index is 13.0. The number of halogens is 2. The number of rotatable bonds is 9. The summed E-state index contributed by atoms with van der Waals surface area (Å²) in [6, 6.07) is 14.9. The molecule has 0 aliphatic heterocycles. The van der Waals surface area contributed by atoms with E-state index in [9.17, 15) is 9.59 Å². The highest BCUT2D eigenvalue weighted by atomic mass is 79.9. The Labute approximate surface area is 184 Å². The zero-order chi connectivity index (χ0) is 20.5. The van der Waals surface area contributed by atoms with Crippen LogP contribution in [0.1, 0.15) is 24.5 Å². The van der Waals surface area contributed by atoms with Crippen molar-refractivity contribution in [2.24, 2.45) is 0 Å². The van der Waals surface area contributed by atoms with E-state index in [1.165, 1.54) is 11.8 Å². The molecule has 0 aliphatic rings. The molecule has 0 spiro atoms. The van der Waals surface area contributed by atoms with Gasteiger partial charge in [-0.1, -0.05) is 64.8 Å². The fraction of sp³-hybridized carbons (Fsp3) is 0.333. The van der Waals surface area contributed by atoms with Gasteiger partial charge in [0, 0.05) is 28.8 Å². The van der Waals surface area contributed by atoms with Gasteiger partial charge in [-0.2, -0.15) is 0 Å². The van der Waals surface area contributed by atoms with E-state index in [0.29, 0.717) is 23.7 Å². The Hall–Kier alpha value is -1.50. The molecule has 0 aromatic heterocycles. The van der Waals surface area contributed by atoms with Crippen LogP contribution >= 0.6 is 39.3 Å². The SMILES string of the molecule is CCC(C(=O)NC)N(Cc1ccccc1Cl)C(=O)CSCc1ccc(Br)cc1. The van der Waals surface area contributed by atoms with Crippen LogP contribution in [0.25, 0.3) is 0 Å². The van der Waals surface area contributed by atoms with Crippen LogP contribution < -0.4 is 5.32 Å². The Kier molecular flexibility index (Phi) is 9.35. The quantitative estimate of drug-likeness (QED) is 0.552. The Morgan fingerprint density at radius 3 is 2.46 bits per heavy atom. The number of nitrogens with one attached hydrogen (secondary N) is 1. The third-order valence-electron chi connectivity index (χ3n) is 4.34. The number of hydrogen-bond donors (Lipinski definition) is 1. The summed E-state index contributed by atoms with van der Waals surface area (Å²) in [5.74, 6) is 0.794. The van der Waals surface area contributed by atoms with Crippen molar-refractivity contribution < 1.29 is 9.59 Å². The van der Waals surface area contributed by atoms with E-state index in [4.69, 9.17) is 11.6 Å². The summed E-state index contributed by atoms with van der Waals surface area (Å²) in [6.45, 7) is 2.21. The zero-order valence-electron chi connectivity index (χ0n) is 16.0. The molecule has 2 amide bonds. The molecular formula is C21H24BrClN2O2S. The molecule has 28 heavy (non-hydrogen) atoms. The van der Waals surface area contributed by atoms with E-state index in [-0.39, 0.29) is 11.8 Å². The lowest BCUT2D eigenvalue weighted by Gasteiger charge is -2.30. The van der Waals surface area contributed by atoms with Gasteiger partial charge < -0.3 is 10.2 Å². The van der Waals surface area contributed by atoms with Gasteiger partial charge in [0.05, 0.1) is 5.75 Å². The lowest BCUT2D eigenvalue weighted by molar-refractivity contribution is -0.139. The number of nitrogens with zero attached hydrogens (tertiary/aromatic N) is 1. The molecule has 1 N–H and O–H groups in total. The molecule has 150 valence electrons. The third kappa shape index (κ3) is 6.54. The molecule has 0 bridgehead atoms. The molecule has 2 rings (SSSR count). The van der Waals surface area contributed by atoms with Crippen molar-refractivity contribution in [3.63, 3.8) is 0 Å². The number of benzene rings is 2. The van der Waals surface area contributed by atoms with E-state index in [1.807, 2.05) is 49.4 Å². The van der Waals surface area contributed by atoms with Gasteiger partial charge >= 0.3 is 0 Å². The molecule has 0 radical (unpaired) electrons. The van der Waals surface area contributed by atoms with Gasteiger partial charge in [-0.05, 0) is 35.7 Å². The summed E-state index contributed by atoms with van der Waals surface area (Å²) < 4.78 is 1.03. The maximum Gasteiger partial charge on any atom is 0.242 e. The number of thioether (sulfide) groups is 1. The van der Waals surface area contributed by atoms with Gasteiger partial charge in [-0.25, -0.2) is 0 Å². The maximum atomic E-state index is 13.0. The van der Waals surface area contributed by atoms with E-state index in [0.717, 1.165) is 21.4 Å². The van der Waals surface area contributed by atoms with Gasteiger partial charge in [0.1, 0.15) is 6.04 Å². The standard InChI is InChI=1S/C21H24BrClN2O2S/c1-3-19(21(27)24-2)25(12-16-6-4-5-7-18(16)23)20(26)14-28-13-15-8-10-17(22)11-9-15/h4-11,19H,3,12-14H2,1-2H3,(H,24,27). The van der Waals surface area contributed by atoms with Crippen LogP contribution in [0, 0.1) is 0 Å². The summed E-state index contributed by atoms with van der Waals surface area (Å²) >= 11 is 11.2. The highest BCUT2D eigenvalue weighted by molar-refractivity contribution is 9.10. The van der Waals surface area contributed by atoms with Crippen molar-refractivity contribution in [1.29, 1.82) is 0 Å². The summed E-state index contributed by atoms with van der Waals surface area (Å²) in [5, 5.41) is 3.25. The molecule has 1 atom stereocenters. The van der Waals surface area contributed by atoms with Crippen LogP contribution in [0.5, 0.6) is 0 Å². The largest absolute Gasteiger partial charge is 0.357 e. The molecule has 2 aromatic carbocycles. The number of hydrogen-bond acceptors (Lipinski definition) is 3. The number of carbonyl (C=O) groups excluding carboxylic acids is 2. The van der Waals surface area contributed by atoms with Crippen molar-refractivity contribution in [2.75, 3.05) is 12.8 Å². The minimum atomic E-state index is -0.526. The van der Waals surface area contributed by atoms with Crippen LogP contribution in [0.15, 0.2) is 53.0 Å². The molecule has 0 saturated carbocycles. The number of amides is 2. The van der Waals surface area contributed by atoms with Gasteiger partial charge in [-0.3, -0.25) is 9.59 Å². The second-order valence-corrected chi connectivity index (χ2v) is 8.58. The summed E-state index contributed by atoms with van der Waals surface area (Å²) in [5.41, 5.74) is 1.98. The van der Waals surface area contributed by atoms with Crippen LogP contribution in [0.4, 0.5) is 0 Å². The van der Waals surface area contributed by atoms with E-state index in [1.54, 1.807) is 18.0 Å². The van der Waals surface area contributed by atoms with Crippen molar-refractivity contribution in [3.05, 3.63) is 69.2 Å². The van der Waals surface area contributed by atoms with E-state index in [2.05, 4.69) is 21.2 Å². The van der Waals surface area contributed by atoms with Crippen LogP contribution in [0.3, 0.4) is 0 Å². The predicted octanol–water partition coefficient (Wildman–Crippen LogP) is 4.89. The van der Waals surface area contributed by atoms with Crippen molar-refractivity contribution >= 4 is 51.1 Å². The number of likely N-dealkylation sites (N-methyl/N-ethyl adjacent to an activating group) is 1. The van der Waals surface area contributed by atoms with Crippen LogP contribution in [-0.2, 0) is 21.9 Å². The number of carbonyl (C=O) groups is 2. The summed E-state index contributed by atoms with van der Waals surface area (Å²) in [4.78, 5) is 27.0. The van der Waals surface area contributed by atoms with Crippen molar-refractivity contribution in [1.82, 2.24) is 10.2 Å². The Morgan fingerprint density at radius 2 is 1.86 bits per heavy atom. The zero-order valence-corrected chi connectivity index (χ0v) is 19.1. The average Bonchev–Trinajstić information content (AvgIpc) is 2.70. The Balaban J connectivity index is 2.10. The molecule has 7 heteroatoms. The summed E-state index contributed by atoms with van der Waals surface area (Å²) in [7, 11) is 1.59. The lowest BCUT2D eigenvalue weighted by atomic mass is 10.1. The fourth-order valence-corrected chi connectivity index (χ4v) is 4.15. The Bertz CT molecular complexity index is 801. The lowest BCUT2D eigenvalue weighted by Crippen LogP contribution is -2.48. The molecule has 0 aliphatic carbocycles. The first-order valence-electron chi connectivity index (χ1n) is 9.03. The molecule has 0 heterocycles. The minimum absolute atomic E-state index is 0.0718. The first-order valence-corrected chi connectivity index (χ1v) is 11.4. The molecule has 0 saturated heterocycles. The first-order chi connectivity index (χ1) is 13.5. The summed E-state index contributed by atoms with van der Waals surface area (Å²) in [6.07, 6.45) is 0.535. The topological polar surface area (TPSA) is 49.4 Å². The normalized spacial score (nSPS) is 11.7. The van der Waals surface area contributed by atoms with Crippen LogP contribution in [-0.4, -0.2) is 35.6 Å². The third-order valence-corrected chi connectivity index (χ3v) is 6.22. The second-order valence-electron chi connectivity index (χ2n) is 6.27. The van der Waals surface area contributed by atoms with Gasteiger partial charge in [0.2, 0.25) is 11.8 Å². The monoisotopic (exact) mass is 482 g/mol. The van der Waals surface area contributed by atoms with E-state index >= 15 is 0 Å². The predicted molar refractivity (Wildman–Crippen MR) is 120 cm³/mol. The molecule has 0 fully saturated rings. The molecule has 2 aromatic rings. The van der Waals surface area contributed by atoms with Gasteiger partial charge in [0.25, 0.3) is 0 Å². The first kappa shape index (κ1) is 22.8. The molecule has 1 unspecified atom stereocenters. The minimum Gasteiger partial charge on any atom is -0.357 e. The van der Waals surface area contributed by atoms with Crippen LogP contribution in [0.2, 0.25) is 5.02 Å². The van der Waals surface area contributed by atoms with Gasteiger partial charge in [0.15, 0.2) is 0 Å².